The van der Waals surface area contributed by atoms with Crippen molar-refractivity contribution in [2.45, 2.75) is 25.5 Å². The van der Waals surface area contributed by atoms with E-state index in [0.717, 1.165) is 0 Å². The Morgan fingerprint density at radius 3 is 2.88 bits per heavy atom. The van der Waals surface area contributed by atoms with Gasteiger partial charge in [0.15, 0.2) is 0 Å². The molecule has 1 aliphatic heterocycles. The molecule has 0 aromatic carbocycles. The molecule has 1 rings (SSSR count). The van der Waals surface area contributed by atoms with Gasteiger partial charge < -0.3 is 15.2 Å². The first-order valence-electron chi connectivity index (χ1n) is 5.81. The molecular formula is C10H22N2O4S. The highest BCUT2D eigenvalue weighted by Gasteiger charge is 2.30. The largest absolute Gasteiger partial charge is 0.385 e. The van der Waals surface area contributed by atoms with Crippen LogP contribution in [0.1, 0.15) is 13.3 Å². The third-order valence-corrected chi connectivity index (χ3v) is 4.71. The molecule has 1 aliphatic rings. The van der Waals surface area contributed by atoms with Crippen molar-refractivity contribution in [3.63, 3.8) is 0 Å². The minimum absolute atomic E-state index is 0.118. The minimum Gasteiger partial charge on any atom is -0.385 e. The van der Waals surface area contributed by atoms with E-state index in [-0.39, 0.29) is 17.9 Å². The molecule has 0 saturated carbocycles. The average Bonchev–Trinajstić information content (AvgIpc) is 2.29. The Kier molecular flexibility index (Phi) is 5.81. The Balaban J connectivity index is 2.52. The molecule has 0 aromatic rings. The minimum atomic E-state index is -3.20. The van der Waals surface area contributed by atoms with E-state index >= 15 is 0 Å². The van der Waals surface area contributed by atoms with Crippen molar-refractivity contribution in [3.05, 3.63) is 0 Å². The number of hydrogen-bond donors (Lipinski definition) is 1. The summed E-state index contributed by atoms with van der Waals surface area (Å²) < 4.78 is 35.8. The highest BCUT2D eigenvalue weighted by Crippen LogP contribution is 2.13. The third-order valence-electron chi connectivity index (χ3n) is 2.79. The first-order valence-corrected chi connectivity index (χ1v) is 7.42. The number of methoxy groups -OCH3 is 1. The van der Waals surface area contributed by atoms with Crippen molar-refractivity contribution in [1.82, 2.24) is 4.31 Å². The normalized spacial score (nSPS) is 24.8. The van der Waals surface area contributed by atoms with Gasteiger partial charge in [-0.2, -0.15) is 4.31 Å². The van der Waals surface area contributed by atoms with Gasteiger partial charge >= 0.3 is 0 Å². The number of nitrogens with two attached hydrogens (primary N) is 1. The van der Waals surface area contributed by atoms with Gasteiger partial charge in [-0.15, -0.1) is 0 Å². The van der Waals surface area contributed by atoms with E-state index < -0.39 is 10.0 Å². The second-order valence-electron chi connectivity index (χ2n) is 4.29. The molecule has 0 bridgehead atoms. The summed E-state index contributed by atoms with van der Waals surface area (Å²) in [4.78, 5) is 0. The fourth-order valence-electron chi connectivity index (χ4n) is 1.74. The fourth-order valence-corrected chi connectivity index (χ4v) is 3.20. The summed E-state index contributed by atoms with van der Waals surface area (Å²) in [7, 11) is -1.64. The van der Waals surface area contributed by atoms with Gasteiger partial charge in [0.25, 0.3) is 0 Å². The molecular weight excluding hydrogens is 244 g/mol. The summed E-state index contributed by atoms with van der Waals surface area (Å²) in [5.74, 6) is 0.118. The quantitative estimate of drug-likeness (QED) is 0.649. The predicted molar refractivity (Wildman–Crippen MR) is 65.2 cm³/mol. The zero-order chi connectivity index (χ0) is 12.9. The van der Waals surface area contributed by atoms with Crippen LogP contribution in [0.3, 0.4) is 0 Å². The molecule has 2 unspecified atom stereocenters. The molecule has 1 fully saturated rings. The van der Waals surface area contributed by atoms with Crippen molar-refractivity contribution >= 4 is 10.0 Å². The molecule has 6 nitrogen and oxygen atoms in total. The van der Waals surface area contributed by atoms with Crippen LogP contribution >= 0.6 is 0 Å². The van der Waals surface area contributed by atoms with Crippen LogP contribution in [0, 0.1) is 0 Å². The molecule has 17 heavy (non-hydrogen) atoms. The fraction of sp³-hybridized carbons (Fsp3) is 1.00. The summed E-state index contributed by atoms with van der Waals surface area (Å²) in [6.45, 7) is 3.47. The van der Waals surface area contributed by atoms with Gasteiger partial charge in [0, 0.05) is 32.8 Å². The smallest absolute Gasteiger partial charge is 0.214 e. The number of ether oxygens (including phenoxy) is 2. The zero-order valence-corrected chi connectivity index (χ0v) is 11.3. The Bertz CT molecular complexity index is 318. The van der Waals surface area contributed by atoms with E-state index in [1.807, 2.05) is 6.92 Å². The molecule has 2 atom stereocenters. The predicted octanol–water partition coefficient (Wildman–Crippen LogP) is -0.599. The average molecular weight is 266 g/mol. The Morgan fingerprint density at radius 1 is 1.59 bits per heavy atom. The molecule has 1 saturated heterocycles. The lowest BCUT2D eigenvalue weighted by molar-refractivity contribution is -0.0120. The van der Waals surface area contributed by atoms with Crippen LogP contribution in [0.25, 0.3) is 0 Å². The summed E-state index contributed by atoms with van der Waals surface area (Å²) in [5.41, 5.74) is 5.73. The Labute approximate surface area is 103 Å². The van der Waals surface area contributed by atoms with Gasteiger partial charge in [0.05, 0.1) is 18.5 Å². The lowest BCUT2D eigenvalue weighted by Crippen LogP contribution is -2.51. The maximum absolute atomic E-state index is 12.0. The SMILES string of the molecule is COCCCS(=O)(=O)N1CCOC(C(C)N)C1. The van der Waals surface area contributed by atoms with E-state index in [1.54, 1.807) is 7.11 Å². The van der Waals surface area contributed by atoms with Crippen LogP contribution in [-0.4, -0.2) is 64.0 Å². The number of rotatable bonds is 6. The van der Waals surface area contributed by atoms with Crippen LogP contribution in [-0.2, 0) is 19.5 Å². The van der Waals surface area contributed by atoms with Gasteiger partial charge in [-0.05, 0) is 13.3 Å². The number of sulfonamides is 1. The molecule has 0 aliphatic carbocycles. The van der Waals surface area contributed by atoms with Crippen molar-refractivity contribution in [3.8, 4) is 0 Å². The van der Waals surface area contributed by atoms with Gasteiger partial charge in [-0.25, -0.2) is 8.42 Å². The lowest BCUT2D eigenvalue weighted by atomic mass is 10.2. The summed E-state index contributed by atoms with van der Waals surface area (Å²) >= 11 is 0. The maximum Gasteiger partial charge on any atom is 0.214 e. The van der Waals surface area contributed by atoms with Gasteiger partial charge in [-0.1, -0.05) is 0 Å². The third kappa shape index (κ3) is 4.51. The van der Waals surface area contributed by atoms with E-state index in [1.165, 1.54) is 4.31 Å². The van der Waals surface area contributed by atoms with Gasteiger partial charge in [-0.3, -0.25) is 0 Å². The van der Waals surface area contributed by atoms with Crippen molar-refractivity contribution in [2.75, 3.05) is 39.2 Å². The lowest BCUT2D eigenvalue weighted by Gasteiger charge is -2.33. The van der Waals surface area contributed by atoms with Crippen molar-refractivity contribution in [2.24, 2.45) is 5.73 Å². The molecule has 7 heteroatoms. The van der Waals surface area contributed by atoms with Crippen LogP contribution in [0.2, 0.25) is 0 Å². The summed E-state index contributed by atoms with van der Waals surface area (Å²) in [5, 5.41) is 0. The van der Waals surface area contributed by atoms with E-state index in [4.69, 9.17) is 15.2 Å². The highest BCUT2D eigenvalue weighted by atomic mass is 32.2. The van der Waals surface area contributed by atoms with Crippen LogP contribution in [0.5, 0.6) is 0 Å². The molecule has 0 spiro atoms. The van der Waals surface area contributed by atoms with Gasteiger partial charge in [0.1, 0.15) is 0 Å². The standard InChI is InChI=1S/C10H22N2O4S/c1-9(11)10-8-12(4-6-16-10)17(13,14)7-3-5-15-2/h9-10H,3-8,11H2,1-2H3. The topological polar surface area (TPSA) is 81.9 Å². The van der Waals surface area contributed by atoms with E-state index in [2.05, 4.69) is 0 Å². The summed E-state index contributed by atoms with van der Waals surface area (Å²) in [6.07, 6.45) is 0.305. The maximum atomic E-state index is 12.0. The van der Waals surface area contributed by atoms with E-state index in [9.17, 15) is 8.42 Å². The van der Waals surface area contributed by atoms with E-state index in [0.29, 0.717) is 32.7 Å². The summed E-state index contributed by atoms with van der Waals surface area (Å²) in [6, 6.07) is -0.160. The highest BCUT2D eigenvalue weighted by molar-refractivity contribution is 7.89. The zero-order valence-electron chi connectivity index (χ0n) is 10.5. The second-order valence-corrected chi connectivity index (χ2v) is 6.38. The number of hydrogen-bond acceptors (Lipinski definition) is 5. The van der Waals surface area contributed by atoms with Crippen LogP contribution in [0.15, 0.2) is 0 Å². The van der Waals surface area contributed by atoms with Gasteiger partial charge in [0.2, 0.25) is 10.0 Å². The van der Waals surface area contributed by atoms with Crippen molar-refractivity contribution < 1.29 is 17.9 Å². The molecule has 1 heterocycles. The Hall–Kier alpha value is -0.210. The first kappa shape index (κ1) is 14.8. The molecule has 0 aromatic heterocycles. The monoisotopic (exact) mass is 266 g/mol. The van der Waals surface area contributed by atoms with Crippen molar-refractivity contribution in [1.29, 1.82) is 0 Å². The second kappa shape index (κ2) is 6.65. The first-order chi connectivity index (χ1) is 7.97. The van der Waals surface area contributed by atoms with Crippen LogP contribution < -0.4 is 5.73 Å². The van der Waals surface area contributed by atoms with Crippen LogP contribution in [0.4, 0.5) is 0 Å². The molecule has 0 amide bonds. The molecule has 2 N–H and O–H groups in total. The number of nitrogens with zero attached hydrogens (tertiary/aromatic N) is 1. The number of morpholine rings is 1. The molecule has 0 radical (unpaired) electrons. The Morgan fingerprint density at radius 2 is 2.29 bits per heavy atom. The molecule has 102 valence electrons.